The number of hydrogen-bond donors (Lipinski definition) is 1. The first-order valence-electron chi connectivity index (χ1n) is 11.3. The molecule has 0 atom stereocenters. The van der Waals surface area contributed by atoms with Crippen LogP contribution in [-0.4, -0.2) is 49.9 Å². The molecule has 10 heteroatoms. The van der Waals surface area contributed by atoms with Crippen molar-refractivity contribution < 1.29 is 36.4 Å². The van der Waals surface area contributed by atoms with Crippen molar-refractivity contribution in [3.63, 3.8) is 0 Å². The number of hydrogen-bond acceptors (Lipinski definition) is 8. The van der Waals surface area contributed by atoms with E-state index < -0.39 is 21.7 Å². The van der Waals surface area contributed by atoms with Gasteiger partial charge in [0.2, 0.25) is 0 Å². The SMILES string of the molecule is COc1cc(CN(CCc2ccc(OS(C)(=O)=O)cc2)Cc2ccco2)ccc1OC(C)(C)C(=O)O. The zero-order valence-electron chi connectivity index (χ0n) is 20.8. The van der Waals surface area contributed by atoms with Crippen LogP contribution >= 0.6 is 0 Å². The van der Waals surface area contributed by atoms with E-state index in [0.29, 0.717) is 37.6 Å². The molecule has 0 saturated carbocycles. The molecule has 0 saturated heterocycles. The Kier molecular flexibility index (Phi) is 8.65. The lowest BCUT2D eigenvalue weighted by atomic mass is 10.1. The largest absolute Gasteiger partial charge is 0.493 e. The van der Waals surface area contributed by atoms with Crippen LogP contribution in [0.25, 0.3) is 0 Å². The molecule has 0 aliphatic heterocycles. The monoisotopic (exact) mass is 517 g/mol. The summed E-state index contributed by atoms with van der Waals surface area (Å²) in [5.74, 6) is 0.814. The maximum Gasteiger partial charge on any atom is 0.347 e. The van der Waals surface area contributed by atoms with E-state index in [1.165, 1.54) is 21.0 Å². The van der Waals surface area contributed by atoms with Crippen molar-refractivity contribution in [1.29, 1.82) is 0 Å². The Morgan fingerprint density at radius 1 is 1.03 bits per heavy atom. The number of methoxy groups -OCH3 is 1. The molecule has 1 aromatic heterocycles. The lowest BCUT2D eigenvalue weighted by molar-refractivity contribution is -0.152. The number of aliphatic carboxylic acids is 1. The average molecular weight is 518 g/mol. The normalized spacial score (nSPS) is 11.9. The van der Waals surface area contributed by atoms with Gasteiger partial charge in [0.05, 0.1) is 26.2 Å². The van der Waals surface area contributed by atoms with E-state index in [1.807, 2.05) is 36.4 Å². The van der Waals surface area contributed by atoms with Crippen LogP contribution in [0, 0.1) is 0 Å². The number of benzene rings is 2. The average Bonchev–Trinajstić information content (AvgIpc) is 3.31. The zero-order chi connectivity index (χ0) is 26.3. The van der Waals surface area contributed by atoms with E-state index >= 15 is 0 Å². The van der Waals surface area contributed by atoms with Crippen LogP contribution < -0.4 is 13.7 Å². The molecule has 36 heavy (non-hydrogen) atoms. The van der Waals surface area contributed by atoms with E-state index in [1.54, 1.807) is 24.5 Å². The summed E-state index contributed by atoms with van der Waals surface area (Å²) in [7, 11) is -2.06. The van der Waals surface area contributed by atoms with Crippen molar-refractivity contribution in [2.45, 2.75) is 39.0 Å². The molecule has 2 aromatic carbocycles. The van der Waals surface area contributed by atoms with Crippen molar-refractivity contribution in [1.82, 2.24) is 4.90 Å². The minimum Gasteiger partial charge on any atom is -0.493 e. The topological polar surface area (TPSA) is 116 Å². The molecule has 0 radical (unpaired) electrons. The van der Waals surface area contributed by atoms with Gasteiger partial charge in [-0.15, -0.1) is 0 Å². The van der Waals surface area contributed by atoms with E-state index in [9.17, 15) is 18.3 Å². The molecule has 1 N–H and O–H groups in total. The fourth-order valence-electron chi connectivity index (χ4n) is 3.48. The maximum absolute atomic E-state index is 11.4. The highest BCUT2D eigenvalue weighted by Crippen LogP contribution is 2.32. The van der Waals surface area contributed by atoms with E-state index in [2.05, 4.69) is 4.90 Å². The van der Waals surface area contributed by atoms with Crippen LogP contribution in [0.4, 0.5) is 0 Å². The summed E-state index contributed by atoms with van der Waals surface area (Å²) < 4.78 is 44.2. The fraction of sp³-hybridized carbons (Fsp3) is 0.346. The highest BCUT2D eigenvalue weighted by molar-refractivity contribution is 7.86. The summed E-state index contributed by atoms with van der Waals surface area (Å²) in [6.45, 7) is 4.81. The van der Waals surface area contributed by atoms with Crippen LogP contribution in [-0.2, 0) is 34.4 Å². The number of nitrogens with zero attached hydrogens (tertiary/aromatic N) is 1. The van der Waals surface area contributed by atoms with Gasteiger partial charge in [-0.2, -0.15) is 8.42 Å². The van der Waals surface area contributed by atoms with Gasteiger partial charge in [0.1, 0.15) is 11.5 Å². The Labute approximate surface area is 211 Å². The molecular weight excluding hydrogens is 486 g/mol. The maximum atomic E-state index is 11.4. The zero-order valence-corrected chi connectivity index (χ0v) is 21.6. The molecule has 3 rings (SSSR count). The molecule has 0 aliphatic rings. The first-order valence-corrected chi connectivity index (χ1v) is 13.1. The Hall–Kier alpha value is -3.50. The van der Waals surface area contributed by atoms with Gasteiger partial charge in [0.15, 0.2) is 17.1 Å². The standard InChI is InChI=1S/C26H31NO8S/c1-26(2,25(28)29)34-23-12-9-20(16-24(23)32-3)17-27(18-22-6-5-15-33-22)14-13-19-7-10-21(11-8-19)35-36(4,30)31/h5-12,15-16H,13-14,17-18H2,1-4H3,(H,28,29). The van der Waals surface area contributed by atoms with Gasteiger partial charge in [-0.05, 0) is 67.8 Å². The number of carbonyl (C=O) groups is 1. The second kappa shape index (κ2) is 11.5. The minimum atomic E-state index is -3.57. The van der Waals surface area contributed by atoms with Gasteiger partial charge in [-0.1, -0.05) is 18.2 Å². The van der Waals surface area contributed by atoms with Gasteiger partial charge in [-0.3, -0.25) is 4.90 Å². The lowest BCUT2D eigenvalue weighted by Crippen LogP contribution is -2.38. The number of carboxylic acid groups (broad SMARTS) is 1. The first kappa shape index (κ1) is 27.1. The predicted octanol–water partition coefficient (Wildman–Crippen LogP) is 4.11. The smallest absolute Gasteiger partial charge is 0.347 e. The van der Waals surface area contributed by atoms with Gasteiger partial charge in [0, 0.05) is 13.1 Å². The van der Waals surface area contributed by atoms with E-state index in [0.717, 1.165) is 23.1 Å². The Morgan fingerprint density at radius 3 is 2.31 bits per heavy atom. The molecule has 0 aliphatic carbocycles. The van der Waals surface area contributed by atoms with Crippen LogP contribution in [0.1, 0.15) is 30.7 Å². The summed E-state index contributed by atoms with van der Waals surface area (Å²) in [5, 5.41) is 9.36. The van der Waals surface area contributed by atoms with Gasteiger partial charge < -0.3 is 23.2 Å². The molecule has 9 nitrogen and oxygen atoms in total. The van der Waals surface area contributed by atoms with Crippen LogP contribution in [0.15, 0.2) is 65.3 Å². The van der Waals surface area contributed by atoms with E-state index in [-0.39, 0.29) is 5.75 Å². The lowest BCUT2D eigenvalue weighted by Gasteiger charge is -2.24. The molecule has 0 unspecified atom stereocenters. The van der Waals surface area contributed by atoms with Crippen LogP contribution in [0.2, 0.25) is 0 Å². The third-order valence-corrected chi connectivity index (χ3v) is 5.86. The molecule has 0 spiro atoms. The number of ether oxygens (including phenoxy) is 2. The summed E-state index contributed by atoms with van der Waals surface area (Å²) in [6, 6.07) is 16.1. The number of furan rings is 1. The highest BCUT2D eigenvalue weighted by atomic mass is 32.2. The third-order valence-electron chi connectivity index (χ3n) is 5.36. The van der Waals surface area contributed by atoms with Crippen molar-refractivity contribution in [2.24, 2.45) is 0 Å². The van der Waals surface area contributed by atoms with Crippen LogP contribution in [0.3, 0.4) is 0 Å². The fourth-order valence-corrected chi connectivity index (χ4v) is 3.94. The van der Waals surface area contributed by atoms with Gasteiger partial charge in [0.25, 0.3) is 0 Å². The second-order valence-electron chi connectivity index (χ2n) is 8.87. The number of carboxylic acids is 1. The van der Waals surface area contributed by atoms with Gasteiger partial charge in [-0.25, -0.2) is 4.79 Å². The quantitative estimate of drug-likeness (QED) is 0.334. The van der Waals surface area contributed by atoms with Gasteiger partial charge >= 0.3 is 16.1 Å². The third kappa shape index (κ3) is 8.03. The summed E-state index contributed by atoms with van der Waals surface area (Å²) in [5.41, 5.74) is 0.579. The molecule has 0 amide bonds. The van der Waals surface area contributed by atoms with Crippen LogP contribution in [0.5, 0.6) is 17.2 Å². The molecular formula is C26H31NO8S. The van der Waals surface area contributed by atoms with Crippen molar-refractivity contribution in [3.05, 3.63) is 77.7 Å². The predicted molar refractivity (Wildman–Crippen MR) is 134 cm³/mol. The Bertz CT molecular complexity index is 1250. The molecule has 0 fully saturated rings. The Morgan fingerprint density at radius 2 is 1.72 bits per heavy atom. The molecule has 194 valence electrons. The second-order valence-corrected chi connectivity index (χ2v) is 10.4. The molecule has 3 aromatic rings. The minimum absolute atomic E-state index is 0.272. The van der Waals surface area contributed by atoms with Crippen molar-refractivity contribution in [3.8, 4) is 17.2 Å². The summed E-state index contributed by atoms with van der Waals surface area (Å²) >= 11 is 0. The van der Waals surface area contributed by atoms with E-state index in [4.69, 9.17) is 18.1 Å². The molecule has 0 bridgehead atoms. The summed E-state index contributed by atoms with van der Waals surface area (Å²) in [6.07, 6.45) is 3.35. The number of rotatable bonds is 13. The van der Waals surface area contributed by atoms with Crippen molar-refractivity contribution in [2.75, 3.05) is 19.9 Å². The summed E-state index contributed by atoms with van der Waals surface area (Å²) in [4.78, 5) is 13.6. The first-order chi connectivity index (χ1) is 16.9. The highest BCUT2D eigenvalue weighted by Gasteiger charge is 2.30. The Balaban J connectivity index is 1.73. The van der Waals surface area contributed by atoms with Crippen molar-refractivity contribution >= 4 is 16.1 Å². The molecule has 1 heterocycles.